The fraction of sp³-hybridized carbons (Fsp3) is 0.455. The zero-order valence-corrected chi connectivity index (χ0v) is 17.9. The van der Waals surface area contributed by atoms with E-state index in [2.05, 4.69) is 15.6 Å². The van der Waals surface area contributed by atoms with E-state index >= 15 is 0 Å². The first-order chi connectivity index (χ1) is 14.5. The number of hydrogen-bond donors (Lipinski definition) is 2. The number of nitrogens with one attached hydrogen (secondary N) is 2. The van der Waals surface area contributed by atoms with Crippen molar-refractivity contribution in [2.45, 2.75) is 64.0 Å². The highest BCUT2D eigenvalue weighted by Crippen LogP contribution is 2.33. The maximum absolute atomic E-state index is 13.0. The van der Waals surface area contributed by atoms with Gasteiger partial charge in [-0.05, 0) is 31.4 Å². The minimum absolute atomic E-state index is 0.138. The highest BCUT2D eigenvalue weighted by Gasteiger charge is 2.50. The number of carbonyl (C=O) groups is 3. The topological polar surface area (TPSA) is 91.4 Å². The lowest BCUT2D eigenvalue weighted by Gasteiger charge is -2.24. The standard InChI is InChI=1S/C22H26N4O3S/c1-15-8-4-5-9-17(15)24-18(27)12-19-23-16(14-30-19)13-26-20(28)22(25-21(26)29)10-6-2-3-7-11-22/h4-5,8-9,14H,2-3,6-7,10-13H2,1H3,(H,24,27)(H,25,29). The van der Waals surface area contributed by atoms with Crippen LogP contribution in [-0.4, -0.2) is 33.3 Å². The van der Waals surface area contributed by atoms with Crippen molar-refractivity contribution < 1.29 is 14.4 Å². The number of anilines is 1. The van der Waals surface area contributed by atoms with Crippen molar-refractivity contribution in [3.8, 4) is 0 Å². The fourth-order valence-electron chi connectivity index (χ4n) is 4.20. The van der Waals surface area contributed by atoms with Crippen molar-refractivity contribution in [2.75, 3.05) is 5.32 Å². The van der Waals surface area contributed by atoms with Crippen LogP contribution in [0.25, 0.3) is 0 Å². The van der Waals surface area contributed by atoms with Crippen LogP contribution in [0.3, 0.4) is 0 Å². The largest absolute Gasteiger partial charge is 0.325 e. The average Bonchev–Trinajstić information content (AvgIpc) is 3.13. The van der Waals surface area contributed by atoms with Crippen LogP contribution < -0.4 is 10.6 Å². The average molecular weight is 427 g/mol. The van der Waals surface area contributed by atoms with E-state index < -0.39 is 5.54 Å². The first-order valence-corrected chi connectivity index (χ1v) is 11.3. The van der Waals surface area contributed by atoms with Crippen molar-refractivity contribution in [1.82, 2.24) is 15.2 Å². The van der Waals surface area contributed by atoms with E-state index in [4.69, 9.17) is 0 Å². The summed E-state index contributed by atoms with van der Waals surface area (Å²) in [4.78, 5) is 43.6. The summed E-state index contributed by atoms with van der Waals surface area (Å²) in [6.07, 6.45) is 5.68. The van der Waals surface area contributed by atoms with Gasteiger partial charge >= 0.3 is 6.03 Å². The van der Waals surface area contributed by atoms with Gasteiger partial charge < -0.3 is 10.6 Å². The van der Waals surface area contributed by atoms with E-state index in [1.165, 1.54) is 16.2 Å². The number of aryl methyl sites for hydroxylation is 1. The number of hydrogen-bond acceptors (Lipinski definition) is 5. The number of nitrogens with zero attached hydrogens (tertiary/aromatic N) is 2. The van der Waals surface area contributed by atoms with Crippen LogP contribution in [0.4, 0.5) is 10.5 Å². The van der Waals surface area contributed by atoms with Crippen LogP contribution in [0.15, 0.2) is 29.6 Å². The molecule has 0 radical (unpaired) electrons. The molecule has 1 aromatic heterocycles. The van der Waals surface area contributed by atoms with Gasteiger partial charge in [-0.15, -0.1) is 11.3 Å². The Labute approximate surface area is 179 Å². The van der Waals surface area contributed by atoms with Crippen LogP contribution in [-0.2, 0) is 22.6 Å². The molecule has 1 aromatic carbocycles. The SMILES string of the molecule is Cc1ccccc1NC(=O)Cc1nc(CN2C(=O)NC3(CCCCCC3)C2=O)cs1. The number of urea groups is 1. The molecule has 7 nitrogen and oxygen atoms in total. The lowest BCUT2D eigenvalue weighted by atomic mass is 9.90. The van der Waals surface area contributed by atoms with Crippen LogP contribution in [0.5, 0.6) is 0 Å². The number of thiazole rings is 1. The van der Waals surface area contributed by atoms with Gasteiger partial charge in [-0.2, -0.15) is 0 Å². The maximum Gasteiger partial charge on any atom is 0.325 e. The molecular formula is C22H26N4O3S. The van der Waals surface area contributed by atoms with Gasteiger partial charge in [0.15, 0.2) is 0 Å². The number of aromatic nitrogens is 1. The number of para-hydroxylation sites is 1. The summed E-state index contributed by atoms with van der Waals surface area (Å²) in [6.45, 7) is 2.08. The molecule has 1 saturated carbocycles. The molecule has 1 saturated heterocycles. The molecule has 1 aliphatic heterocycles. The molecule has 158 valence electrons. The molecule has 0 unspecified atom stereocenters. The minimum atomic E-state index is -0.736. The van der Waals surface area contributed by atoms with Crippen molar-refractivity contribution in [2.24, 2.45) is 0 Å². The van der Waals surface area contributed by atoms with Gasteiger partial charge in [-0.25, -0.2) is 9.78 Å². The van der Waals surface area contributed by atoms with Crippen LogP contribution in [0, 0.1) is 6.92 Å². The minimum Gasteiger partial charge on any atom is -0.325 e. The monoisotopic (exact) mass is 426 g/mol. The summed E-state index contributed by atoms with van der Waals surface area (Å²) in [5, 5.41) is 8.32. The van der Waals surface area contributed by atoms with E-state index in [-0.39, 0.29) is 30.8 Å². The quantitative estimate of drug-likeness (QED) is 0.712. The van der Waals surface area contributed by atoms with E-state index in [0.717, 1.165) is 36.9 Å². The normalized spacial score (nSPS) is 18.4. The van der Waals surface area contributed by atoms with Crippen LogP contribution in [0.1, 0.15) is 54.8 Å². The van der Waals surface area contributed by atoms with Gasteiger partial charge in [-0.3, -0.25) is 14.5 Å². The molecule has 0 atom stereocenters. The summed E-state index contributed by atoms with van der Waals surface area (Å²) >= 11 is 1.37. The highest BCUT2D eigenvalue weighted by atomic mass is 32.1. The van der Waals surface area contributed by atoms with Crippen molar-refractivity contribution in [3.05, 3.63) is 45.9 Å². The van der Waals surface area contributed by atoms with E-state index in [9.17, 15) is 14.4 Å². The van der Waals surface area contributed by atoms with Crippen molar-refractivity contribution in [1.29, 1.82) is 0 Å². The molecule has 2 aliphatic rings. The second-order valence-corrected chi connectivity index (χ2v) is 9.03. The van der Waals surface area contributed by atoms with Gasteiger partial charge in [0.2, 0.25) is 5.91 Å². The molecule has 1 spiro atoms. The summed E-state index contributed by atoms with van der Waals surface area (Å²) in [7, 11) is 0. The predicted molar refractivity (Wildman–Crippen MR) is 115 cm³/mol. The third-order valence-electron chi connectivity index (χ3n) is 5.85. The number of imide groups is 1. The summed E-state index contributed by atoms with van der Waals surface area (Å²) in [6, 6.07) is 7.27. The molecule has 8 heteroatoms. The Morgan fingerprint density at radius 2 is 1.93 bits per heavy atom. The van der Waals surface area contributed by atoms with E-state index in [1.54, 1.807) is 0 Å². The number of benzene rings is 1. The molecule has 1 aliphatic carbocycles. The summed E-state index contributed by atoms with van der Waals surface area (Å²) < 4.78 is 0. The molecule has 4 amide bonds. The second-order valence-electron chi connectivity index (χ2n) is 8.09. The first kappa shape index (κ1) is 20.5. The van der Waals surface area contributed by atoms with Crippen LogP contribution in [0.2, 0.25) is 0 Å². The summed E-state index contributed by atoms with van der Waals surface area (Å²) in [5.41, 5.74) is 1.68. The van der Waals surface area contributed by atoms with E-state index in [1.807, 2.05) is 36.6 Å². The van der Waals surface area contributed by atoms with Gasteiger partial charge in [0, 0.05) is 11.1 Å². The lowest BCUT2D eigenvalue weighted by Crippen LogP contribution is -2.46. The molecule has 30 heavy (non-hydrogen) atoms. The predicted octanol–water partition coefficient (Wildman–Crippen LogP) is 3.78. The van der Waals surface area contributed by atoms with Gasteiger partial charge in [-0.1, -0.05) is 43.9 Å². The van der Waals surface area contributed by atoms with Gasteiger partial charge in [0.05, 0.1) is 18.7 Å². The number of rotatable bonds is 5. The third-order valence-corrected chi connectivity index (χ3v) is 6.75. The Morgan fingerprint density at radius 1 is 1.20 bits per heavy atom. The molecular weight excluding hydrogens is 400 g/mol. The van der Waals surface area contributed by atoms with Crippen molar-refractivity contribution in [3.63, 3.8) is 0 Å². The molecule has 0 bridgehead atoms. The Bertz CT molecular complexity index is 963. The Kier molecular flexibility index (Phi) is 5.85. The molecule has 2 heterocycles. The Morgan fingerprint density at radius 3 is 2.67 bits per heavy atom. The molecule has 4 rings (SSSR count). The lowest BCUT2D eigenvalue weighted by molar-refractivity contribution is -0.132. The zero-order valence-electron chi connectivity index (χ0n) is 17.1. The van der Waals surface area contributed by atoms with Crippen LogP contribution >= 0.6 is 11.3 Å². The number of carbonyl (C=O) groups excluding carboxylic acids is 3. The first-order valence-electron chi connectivity index (χ1n) is 10.4. The second kappa shape index (κ2) is 8.55. The van der Waals surface area contributed by atoms with Gasteiger partial charge in [0.25, 0.3) is 5.91 Å². The number of amides is 4. The van der Waals surface area contributed by atoms with E-state index in [0.29, 0.717) is 23.5 Å². The molecule has 2 fully saturated rings. The zero-order chi connectivity index (χ0) is 21.1. The fourth-order valence-corrected chi connectivity index (χ4v) is 4.98. The maximum atomic E-state index is 13.0. The Hall–Kier alpha value is -2.74. The molecule has 2 aromatic rings. The molecule has 2 N–H and O–H groups in total. The van der Waals surface area contributed by atoms with Gasteiger partial charge in [0.1, 0.15) is 10.5 Å². The van der Waals surface area contributed by atoms with Crippen molar-refractivity contribution >= 4 is 34.9 Å². The highest BCUT2D eigenvalue weighted by molar-refractivity contribution is 7.09. The third kappa shape index (κ3) is 4.23. The summed E-state index contributed by atoms with van der Waals surface area (Å²) in [5.74, 6) is -0.279. The Balaban J connectivity index is 1.38. The smallest absolute Gasteiger partial charge is 0.325 e.